The van der Waals surface area contributed by atoms with Crippen molar-refractivity contribution in [2.24, 2.45) is 0 Å². The summed E-state index contributed by atoms with van der Waals surface area (Å²) in [6.45, 7) is 5.80. The van der Waals surface area contributed by atoms with Gasteiger partial charge in [-0.25, -0.2) is 0 Å². The van der Waals surface area contributed by atoms with E-state index in [9.17, 15) is 5.21 Å². The van der Waals surface area contributed by atoms with Gasteiger partial charge in [0.05, 0.1) is 0 Å². The Balaban J connectivity index is 2.98. The van der Waals surface area contributed by atoms with Crippen LogP contribution in [0.4, 0.5) is 0 Å². The SMILES string of the molecule is C=CN([O-])CCC. The van der Waals surface area contributed by atoms with E-state index < -0.39 is 0 Å². The van der Waals surface area contributed by atoms with Crippen LogP contribution in [0.25, 0.3) is 0 Å². The molecule has 0 bridgehead atoms. The molecule has 0 atom stereocenters. The monoisotopic (exact) mass is 100 g/mol. The van der Waals surface area contributed by atoms with Gasteiger partial charge >= 0.3 is 0 Å². The molecule has 7 heavy (non-hydrogen) atoms. The van der Waals surface area contributed by atoms with Crippen LogP contribution in [0.5, 0.6) is 0 Å². The molecule has 0 fully saturated rings. The summed E-state index contributed by atoms with van der Waals surface area (Å²) in [4.78, 5) is 0. The minimum atomic E-state index is 0.559. The number of hydrogen-bond acceptors (Lipinski definition) is 2. The first-order valence-corrected chi connectivity index (χ1v) is 2.37. The predicted octanol–water partition coefficient (Wildman–Crippen LogP) is 1.34. The second-order valence-electron chi connectivity index (χ2n) is 1.32. The Morgan fingerprint density at radius 3 is 2.57 bits per heavy atom. The van der Waals surface area contributed by atoms with Crippen molar-refractivity contribution in [2.45, 2.75) is 13.3 Å². The molecule has 0 radical (unpaired) electrons. The predicted molar refractivity (Wildman–Crippen MR) is 30.6 cm³/mol. The van der Waals surface area contributed by atoms with Crippen molar-refractivity contribution >= 4 is 0 Å². The molecule has 0 aliphatic carbocycles. The molecule has 0 aliphatic rings. The van der Waals surface area contributed by atoms with E-state index in [4.69, 9.17) is 0 Å². The van der Waals surface area contributed by atoms with Gasteiger partial charge in [-0.3, -0.25) is 0 Å². The fraction of sp³-hybridized carbons (Fsp3) is 0.600. The maximum Gasteiger partial charge on any atom is 0.00489 e. The van der Waals surface area contributed by atoms with Crippen molar-refractivity contribution in [1.82, 2.24) is 5.06 Å². The fourth-order valence-corrected chi connectivity index (χ4v) is 0.312. The molecule has 0 aliphatic heterocycles. The molecular formula is C5H10NO-. The van der Waals surface area contributed by atoms with E-state index >= 15 is 0 Å². The third-order valence-electron chi connectivity index (χ3n) is 0.648. The summed E-state index contributed by atoms with van der Waals surface area (Å²) in [7, 11) is 0. The summed E-state index contributed by atoms with van der Waals surface area (Å²) >= 11 is 0. The molecule has 0 aromatic heterocycles. The number of hydrogen-bond donors (Lipinski definition) is 0. The summed E-state index contributed by atoms with van der Waals surface area (Å²) < 4.78 is 0. The molecule has 0 rings (SSSR count). The summed E-state index contributed by atoms with van der Waals surface area (Å²) in [6, 6.07) is 0. The van der Waals surface area contributed by atoms with Crippen LogP contribution in [0.15, 0.2) is 12.8 Å². The lowest BCUT2D eigenvalue weighted by molar-refractivity contribution is 0.506. The van der Waals surface area contributed by atoms with Gasteiger partial charge in [0.2, 0.25) is 0 Å². The zero-order valence-corrected chi connectivity index (χ0v) is 4.55. The first kappa shape index (κ1) is 6.50. The average molecular weight is 100 g/mol. The summed E-state index contributed by atoms with van der Waals surface area (Å²) in [6.07, 6.45) is 2.17. The topological polar surface area (TPSA) is 26.3 Å². The number of rotatable bonds is 3. The van der Waals surface area contributed by atoms with E-state index in [-0.39, 0.29) is 0 Å². The minimum Gasteiger partial charge on any atom is -0.759 e. The van der Waals surface area contributed by atoms with Crippen molar-refractivity contribution in [3.05, 3.63) is 18.0 Å². The lowest BCUT2D eigenvalue weighted by Crippen LogP contribution is -2.07. The molecule has 0 N–H and O–H groups in total. The van der Waals surface area contributed by atoms with Gasteiger partial charge in [-0.1, -0.05) is 13.5 Å². The molecule has 42 valence electrons. The molecule has 2 nitrogen and oxygen atoms in total. The van der Waals surface area contributed by atoms with Gasteiger partial charge in [-0.2, -0.15) is 0 Å². The zero-order valence-electron chi connectivity index (χ0n) is 4.55. The van der Waals surface area contributed by atoms with Crippen LogP contribution in [0.2, 0.25) is 0 Å². The van der Waals surface area contributed by atoms with E-state index in [1.54, 1.807) is 0 Å². The quantitative estimate of drug-likeness (QED) is 0.500. The van der Waals surface area contributed by atoms with Crippen LogP contribution in [0, 0.1) is 5.21 Å². The van der Waals surface area contributed by atoms with E-state index in [1.165, 1.54) is 6.20 Å². The van der Waals surface area contributed by atoms with Crippen LogP contribution < -0.4 is 0 Å². The van der Waals surface area contributed by atoms with Crippen LogP contribution in [-0.2, 0) is 0 Å². The van der Waals surface area contributed by atoms with E-state index in [1.807, 2.05) is 6.92 Å². The Bertz CT molecular complexity index is 54.0. The second kappa shape index (κ2) is 3.68. The lowest BCUT2D eigenvalue weighted by Gasteiger charge is -2.23. The van der Waals surface area contributed by atoms with Gasteiger partial charge in [0.25, 0.3) is 0 Å². The molecule has 0 unspecified atom stereocenters. The molecule has 2 heteroatoms. The molecule has 0 aromatic carbocycles. The van der Waals surface area contributed by atoms with Crippen LogP contribution in [0.3, 0.4) is 0 Å². The Morgan fingerprint density at radius 1 is 1.86 bits per heavy atom. The second-order valence-corrected chi connectivity index (χ2v) is 1.32. The van der Waals surface area contributed by atoms with Crippen molar-refractivity contribution in [1.29, 1.82) is 0 Å². The summed E-state index contributed by atoms with van der Waals surface area (Å²) in [5.41, 5.74) is 0. The Kier molecular flexibility index (Phi) is 3.42. The third kappa shape index (κ3) is 3.33. The summed E-state index contributed by atoms with van der Waals surface area (Å²) in [5, 5.41) is 11.0. The molecule has 0 saturated heterocycles. The Hall–Kier alpha value is -0.500. The highest BCUT2D eigenvalue weighted by Crippen LogP contribution is 1.84. The zero-order chi connectivity index (χ0) is 5.70. The van der Waals surface area contributed by atoms with Gasteiger partial charge in [0, 0.05) is 6.54 Å². The lowest BCUT2D eigenvalue weighted by atomic mass is 10.5. The fourth-order valence-electron chi connectivity index (χ4n) is 0.312. The van der Waals surface area contributed by atoms with Crippen LogP contribution in [0.1, 0.15) is 13.3 Å². The van der Waals surface area contributed by atoms with E-state index in [0.29, 0.717) is 6.54 Å². The Morgan fingerprint density at radius 2 is 2.43 bits per heavy atom. The number of hydroxylamine groups is 2. The summed E-state index contributed by atoms with van der Waals surface area (Å²) in [5.74, 6) is 0. The van der Waals surface area contributed by atoms with Gasteiger partial charge < -0.3 is 10.3 Å². The smallest absolute Gasteiger partial charge is 0.00489 e. The molecular weight excluding hydrogens is 90.1 g/mol. The maximum absolute atomic E-state index is 10.2. The van der Waals surface area contributed by atoms with E-state index in [2.05, 4.69) is 6.58 Å². The third-order valence-corrected chi connectivity index (χ3v) is 0.648. The highest BCUT2D eigenvalue weighted by Gasteiger charge is 1.74. The van der Waals surface area contributed by atoms with E-state index in [0.717, 1.165) is 11.5 Å². The number of nitrogens with zero attached hydrogens (tertiary/aromatic N) is 1. The standard InChI is InChI=1S/C5H10NO/c1-3-5-6(7)4-2/h4H,2-3,5H2,1H3/q-1. The van der Waals surface area contributed by atoms with Gasteiger partial charge in [0.1, 0.15) is 0 Å². The van der Waals surface area contributed by atoms with Crippen molar-refractivity contribution in [2.75, 3.05) is 6.54 Å². The van der Waals surface area contributed by atoms with Crippen molar-refractivity contribution < 1.29 is 0 Å². The molecule has 0 spiro atoms. The normalized spacial score (nSPS) is 8.29. The highest BCUT2D eigenvalue weighted by molar-refractivity contribution is 4.69. The van der Waals surface area contributed by atoms with Crippen molar-refractivity contribution in [3.8, 4) is 0 Å². The molecule has 0 amide bonds. The largest absolute Gasteiger partial charge is 0.759 e. The molecule has 0 saturated carbocycles. The average Bonchev–Trinajstić information content (AvgIpc) is 1.68. The molecule has 0 aromatic rings. The van der Waals surface area contributed by atoms with Crippen LogP contribution >= 0.6 is 0 Å². The first-order valence-electron chi connectivity index (χ1n) is 2.37. The van der Waals surface area contributed by atoms with Gasteiger partial charge in [-0.15, -0.1) is 0 Å². The maximum atomic E-state index is 10.2. The van der Waals surface area contributed by atoms with Gasteiger partial charge in [-0.05, 0) is 12.6 Å². The minimum absolute atomic E-state index is 0.559. The first-order chi connectivity index (χ1) is 3.31. The van der Waals surface area contributed by atoms with Crippen molar-refractivity contribution in [3.63, 3.8) is 0 Å². The van der Waals surface area contributed by atoms with Gasteiger partial charge in [0.15, 0.2) is 0 Å². The Labute approximate surface area is 44.0 Å². The highest BCUT2D eigenvalue weighted by atomic mass is 16.5. The van der Waals surface area contributed by atoms with Crippen LogP contribution in [-0.4, -0.2) is 11.6 Å². The molecule has 0 heterocycles.